The van der Waals surface area contributed by atoms with Crippen LogP contribution in [-0.2, 0) is 9.59 Å². The third-order valence-corrected chi connectivity index (χ3v) is 5.43. The minimum Gasteiger partial charge on any atom is -0.480 e. The average Bonchev–Trinajstić information content (AvgIpc) is 2.73. The highest BCUT2D eigenvalue weighted by Crippen LogP contribution is 2.21. The minimum absolute atomic E-state index is 0.187. The van der Waals surface area contributed by atoms with Gasteiger partial charge in [0.2, 0.25) is 5.91 Å². The monoisotopic (exact) mass is 394 g/mol. The van der Waals surface area contributed by atoms with E-state index in [1.165, 1.54) is 4.90 Å². The number of nitrogens with zero attached hydrogens (tertiary/aromatic N) is 2. The number of amides is 2. The summed E-state index contributed by atoms with van der Waals surface area (Å²) in [5, 5.41) is 17.0. The number of rotatable bonds is 3. The minimum atomic E-state index is -1.05. The fourth-order valence-electron chi connectivity index (χ4n) is 3.99. The second kappa shape index (κ2) is 8.00. The summed E-state index contributed by atoms with van der Waals surface area (Å²) in [5.41, 5.74) is 0.244. The SMILES string of the molecule is O=C(N[C@H]1C/C=C\C[C@H]2CNC[C@@H](C(=O)O)N2C1=O)c1nccc2ccccc12. The standard InChI is InChI=1S/C21H22N4O4/c26-19(18-15-7-3-1-5-13(15)9-10-23-18)24-16-8-4-2-6-14-11-22-12-17(21(28)29)25(14)20(16)27/h1-5,7,9-10,14,16-17,22H,6,8,11-12H2,(H,24,26)(H,28,29)/b4-2-/t14-,16-,17-/m0/s1. The molecule has 8 heteroatoms. The highest BCUT2D eigenvalue weighted by molar-refractivity contribution is 6.06. The number of benzene rings is 1. The van der Waals surface area contributed by atoms with Gasteiger partial charge in [0.1, 0.15) is 17.8 Å². The van der Waals surface area contributed by atoms with Gasteiger partial charge in [-0.2, -0.15) is 0 Å². The van der Waals surface area contributed by atoms with Gasteiger partial charge in [0, 0.05) is 30.7 Å². The van der Waals surface area contributed by atoms with Crippen LogP contribution in [0, 0.1) is 0 Å². The Balaban J connectivity index is 1.62. The number of aliphatic carboxylic acids is 1. The third kappa shape index (κ3) is 3.71. The van der Waals surface area contributed by atoms with Crippen LogP contribution in [0.3, 0.4) is 0 Å². The van der Waals surface area contributed by atoms with E-state index in [1.54, 1.807) is 6.20 Å². The second-order valence-corrected chi connectivity index (χ2v) is 7.26. The zero-order valence-corrected chi connectivity index (χ0v) is 15.7. The summed E-state index contributed by atoms with van der Waals surface area (Å²) in [6.45, 7) is 0.707. The number of carboxylic acids is 1. The van der Waals surface area contributed by atoms with E-state index in [0.29, 0.717) is 24.8 Å². The van der Waals surface area contributed by atoms with E-state index in [0.717, 1.165) is 5.39 Å². The molecular weight excluding hydrogens is 372 g/mol. The molecule has 2 aliphatic rings. The van der Waals surface area contributed by atoms with Gasteiger partial charge in [0.05, 0.1) is 0 Å². The van der Waals surface area contributed by atoms with E-state index in [9.17, 15) is 19.5 Å². The number of pyridine rings is 1. The van der Waals surface area contributed by atoms with E-state index in [1.807, 2.05) is 42.5 Å². The van der Waals surface area contributed by atoms with E-state index in [4.69, 9.17) is 0 Å². The third-order valence-electron chi connectivity index (χ3n) is 5.43. The quantitative estimate of drug-likeness (QED) is 0.668. The maximum absolute atomic E-state index is 13.2. The molecule has 2 aliphatic heterocycles. The summed E-state index contributed by atoms with van der Waals surface area (Å²) in [6.07, 6.45) is 6.24. The van der Waals surface area contributed by atoms with Crippen LogP contribution in [-0.4, -0.2) is 64.0 Å². The van der Waals surface area contributed by atoms with Gasteiger partial charge in [-0.15, -0.1) is 0 Å². The van der Waals surface area contributed by atoms with Gasteiger partial charge in [-0.05, 0) is 24.3 Å². The Hall–Kier alpha value is -3.26. The Morgan fingerprint density at radius 1 is 1.14 bits per heavy atom. The van der Waals surface area contributed by atoms with Crippen molar-refractivity contribution in [3.05, 3.63) is 54.4 Å². The molecule has 0 bridgehead atoms. The largest absolute Gasteiger partial charge is 0.480 e. The molecule has 0 saturated carbocycles. The molecule has 2 aromatic rings. The molecule has 150 valence electrons. The molecule has 0 spiro atoms. The molecule has 0 aliphatic carbocycles. The molecule has 4 rings (SSSR count). The van der Waals surface area contributed by atoms with Crippen molar-refractivity contribution in [3.8, 4) is 0 Å². The van der Waals surface area contributed by atoms with Gasteiger partial charge in [0.15, 0.2) is 0 Å². The number of hydrogen-bond acceptors (Lipinski definition) is 5. The zero-order valence-electron chi connectivity index (χ0n) is 15.7. The fraction of sp³-hybridized carbons (Fsp3) is 0.333. The molecule has 3 heterocycles. The molecule has 3 atom stereocenters. The summed E-state index contributed by atoms with van der Waals surface area (Å²) >= 11 is 0. The molecule has 3 N–H and O–H groups in total. The lowest BCUT2D eigenvalue weighted by molar-refractivity contribution is -0.155. The number of carbonyl (C=O) groups excluding carboxylic acids is 2. The normalized spacial score (nSPS) is 25.6. The zero-order chi connectivity index (χ0) is 20.4. The summed E-state index contributed by atoms with van der Waals surface area (Å²) < 4.78 is 0. The Kier molecular flexibility index (Phi) is 5.26. The van der Waals surface area contributed by atoms with E-state index in [2.05, 4.69) is 15.6 Å². The summed E-state index contributed by atoms with van der Waals surface area (Å²) in [4.78, 5) is 43.5. The van der Waals surface area contributed by atoms with Crippen molar-refractivity contribution in [1.82, 2.24) is 20.5 Å². The average molecular weight is 394 g/mol. The van der Waals surface area contributed by atoms with E-state index >= 15 is 0 Å². The number of carbonyl (C=O) groups is 3. The van der Waals surface area contributed by atoms with Gasteiger partial charge in [-0.3, -0.25) is 14.6 Å². The van der Waals surface area contributed by atoms with Crippen LogP contribution in [0.1, 0.15) is 23.3 Å². The molecule has 1 aromatic heterocycles. The summed E-state index contributed by atoms with van der Waals surface area (Å²) in [7, 11) is 0. The van der Waals surface area contributed by atoms with Crippen molar-refractivity contribution in [3.63, 3.8) is 0 Å². The topological polar surface area (TPSA) is 112 Å². The molecular formula is C21H22N4O4. The first-order valence-corrected chi connectivity index (χ1v) is 9.61. The van der Waals surface area contributed by atoms with Gasteiger partial charge < -0.3 is 20.6 Å². The van der Waals surface area contributed by atoms with E-state index < -0.39 is 24.0 Å². The van der Waals surface area contributed by atoms with Crippen LogP contribution in [0.25, 0.3) is 10.8 Å². The maximum atomic E-state index is 13.2. The first-order chi connectivity index (χ1) is 14.1. The van der Waals surface area contributed by atoms with Crippen LogP contribution < -0.4 is 10.6 Å². The lowest BCUT2D eigenvalue weighted by Crippen LogP contribution is -2.65. The Morgan fingerprint density at radius 2 is 1.93 bits per heavy atom. The van der Waals surface area contributed by atoms with Crippen LogP contribution in [0.5, 0.6) is 0 Å². The number of piperazine rings is 1. The molecule has 0 radical (unpaired) electrons. The smallest absolute Gasteiger partial charge is 0.327 e. The lowest BCUT2D eigenvalue weighted by atomic mass is 9.98. The predicted octanol–water partition coefficient (Wildman–Crippen LogP) is 0.937. The van der Waals surface area contributed by atoms with Crippen LogP contribution in [0.4, 0.5) is 0 Å². The lowest BCUT2D eigenvalue weighted by Gasteiger charge is -2.42. The first kappa shape index (κ1) is 19.1. The van der Waals surface area contributed by atoms with Gasteiger partial charge >= 0.3 is 5.97 Å². The molecule has 1 fully saturated rings. The van der Waals surface area contributed by atoms with Crippen molar-refractivity contribution in [2.45, 2.75) is 31.0 Å². The molecule has 2 amide bonds. The Morgan fingerprint density at radius 3 is 2.76 bits per heavy atom. The highest BCUT2D eigenvalue weighted by atomic mass is 16.4. The van der Waals surface area contributed by atoms with Crippen molar-refractivity contribution >= 4 is 28.6 Å². The van der Waals surface area contributed by atoms with Crippen LogP contribution in [0.2, 0.25) is 0 Å². The number of aromatic nitrogens is 1. The first-order valence-electron chi connectivity index (χ1n) is 9.61. The number of fused-ring (bicyclic) bond motifs is 2. The second-order valence-electron chi connectivity index (χ2n) is 7.26. The molecule has 0 unspecified atom stereocenters. The summed E-state index contributed by atoms with van der Waals surface area (Å²) in [6, 6.07) is 7.16. The predicted molar refractivity (Wildman–Crippen MR) is 106 cm³/mol. The Bertz CT molecular complexity index is 984. The maximum Gasteiger partial charge on any atom is 0.327 e. The highest BCUT2D eigenvalue weighted by Gasteiger charge is 2.41. The fourth-order valence-corrected chi connectivity index (χ4v) is 3.99. The van der Waals surface area contributed by atoms with Crippen LogP contribution in [0.15, 0.2) is 48.7 Å². The van der Waals surface area contributed by atoms with Crippen molar-refractivity contribution < 1.29 is 19.5 Å². The number of hydrogen-bond donors (Lipinski definition) is 3. The van der Waals surface area contributed by atoms with Gasteiger partial charge in [0.25, 0.3) is 5.91 Å². The van der Waals surface area contributed by atoms with Crippen molar-refractivity contribution in [2.24, 2.45) is 0 Å². The van der Waals surface area contributed by atoms with E-state index in [-0.39, 0.29) is 24.2 Å². The van der Waals surface area contributed by atoms with Crippen molar-refractivity contribution in [1.29, 1.82) is 0 Å². The van der Waals surface area contributed by atoms with Crippen LogP contribution >= 0.6 is 0 Å². The van der Waals surface area contributed by atoms with Gasteiger partial charge in [-0.25, -0.2) is 4.79 Å². The molecule has 1 saturated heterocycles. The molecule has 29 heavy (non-hydrogen) atoms. The molecule has 1 aromatic carbocycles. The summed E-state index contributed by atoms with van der Waals surface area (Å²) in [5.74, 6) is -1.88. The Labute approximate surface area is 167 Å². The molecule has 8 nitrogen and oxygen atoms in total. The van der Waals surface area contributed by atoms with Gasteiger partial charge in [-0.1, -0.05) is 36.4 Å². The number of nitrogens with one attached hydrogen (secondary N) is 2. The number of carboxylic acid groups (broad SMARTS) is 1. The van der Waals surface area contributed by atoms with Crippen molar-refractivity contribution in [2.75, 3.05) is 13.1 Å².